The summed E-state index contributed by atoms with van der Waals surface area (Å²) in [5.74, 6) is -0.127. The maximum Gasteiger partial charge on any atom is 0.242 e. The van der Waals surface area contributed by atoms with Crippen molar-refractivity contribution in [2.24, 2.45) is 4.99 Å². The molecular weight excluding hydrogens is 286 g/mol. The smallest absolute Gasteiger partial charge is 0.242 e. The van der Waals surface area contributed by atoms with E-state index in [0.717, 1.165) is 16.4 Å². The lowest BCUT2D eigenvalue weighted by molar-refractivity contribution is -0.127. The van der Waals surface area contributed by atoms with Crippen LogP contribution < -0.4 is 5.32 Å². The van der Waals surface area contributed by atoms with Crippen LogP contribution >= 0.6 is 11.8 Å². The van der Waals surface area contributed by atoms with E-state index in [9.17, 15) is 9.59 Å². The molecule has 1 atom stereocenters. The van der Waals surface area contributed by atoms with Gasteiger partial charge in [-0.05, 0) is 37.1 Å². The molecular formula is C15H17N3O2S. The molecule has 0 saturated carbocycles. The molecule has 1 N–H and O–H groups in total. The van der Waals surface area contributed by atoms with Gasteiger partial charge >= 0.3 is 0 Å². The van der Waals surface area contributed by atoms with Crippen molar-refractivity contribution >= 4 is 34.4 Å². The number of rotatable bonds is 3. The van der Waals surface area contributed by atoms with Crippen LogP contribution in [0.5, 0.6) is 0 Å². The van der Waals surface area contributed by atoms with Gasteiger partial charge in [0.1, 0.15) is 5.25 Å². The maximum atomic E-state index is 12.1. The van der Waals surface area contributed by atoms with Crippen molar-refractivity contribution in [3.63, 3.8) is 0 Å². The summed E-state index contributed by atoms with van der Waals surface area (Å²) < 4.78 is 0. The Bertz CT molecular complexity index is 642. The van der Waals surface area contributed by atoms with Crippen molar-refractivity contribution in [3.05, 3.63) is 29.3 Å². The summed E-state index contributed by atoms with van der Waals surface area (Å²) in [6.07, 6.45) is 0.186. The zero-order valence-electron chi connectivity index (χ0n) is 12.0. The first-order valence-electron chi connectivity index (χ1n) is 6.94. The van der Waals surface area contributed by atoms with E-state index in [1.54, 1.807) is 4.90 Å². The number of aliphatic imine (C=N–C) groups is 1. The standard InChI is InChI=1S/C15H17N3O2S/c1-9-3-4-11(7-10(9)2)17-13(19)8-12-14(20)18-6-5-16-15(18)21-12/h3-4,7,12H,5-6,8H2,1-2H3,(H,17,19)/t12-/m0/s1. The quantitative estimate of drug-likeness (QED) is 0.928. The molecule has 3 rings (SSSR count). The number of fused-ring (bicyclic) bond motifs is 1. The fraction of sp³-hybridized carbons (Fsp3) is 0.400. The van der Waals surface area contributed by atoms with Crippen LogP contribution in [0, 0.1) is 13.8 Å². The molecule has 2 heterocycles. The zero-order chi connectivity index (χ0) is 15.0. The molecule has 1 fully saturated rings. The van der Waals surface area contributed by atoms with Crippen LogP contribution in [0.3, 0.4) is 0 Å². The van der Waals surface area contributed by atoms with E-state index in [0.29, 0.717) is 13.1 Å². The highest BCUT2D eigenvalue weighted by molar-refractivity contribution is 8.15. The van der Waals surface area contributed by atoms with Gasteiger partial charge in [-0.25, -0.2) is 0 Å². The number of carbonyl (C=O) groups excluding carboxylic acids is 2. The first-order chi connectivity index (χ1) is 10.0. The molecule has 0 unspecified atom stereocenters. The van der Waals surface area contributed by atoms with Gasteiger partial charge in [-0.2, -0.15) is 0 Å². The van der Waals surface area contributed by atoms with Crippen molar-refractivity contribution in [2.75, 3.05) is 18.4 Å². The molecule has 21 heavy (non-hydrogen) atoms. The number of amidine groups is 1. The first kappa shape index (κ1) is 14.1. The Morgan fingerprint density at radius 1 is 1.43 bits per heavy atom. The van der Waals surface area contributed by atoms with Gasteiger partial charge in [0, 0.05) is 18.7 Å². The van der Waals surface area contributed by atoms with Gasteiger partial charge in [-0.15, -0.1) is 0 Å². The van der Waals surface area contributed by atoms with Gasteiger partial charge in [-0.3, -0.25) is 19.5 Å². The van der Waals surface area contributed by atoms with Gasteiger partial charge in [0.25, 0.3) is 0 Å². The minimum absolute atomic E-state index is 0.00601. The van der Waals surface area contributed by atoms with Gasteiger partial charge < -0.3 is 5.32 Å². The number of aryl methyl sites for hydroxylation is 2. The van der Waals surface area contributed by atoms with Crippen molar-refractivity contribution in [2.45, 2.75) is 25.5 Å². The number of hydrogen-bond donors (Lipinski definition) is 1. The number of nitrogens with zero attached hydrogens (tertiary/aromatic N) is 2. The highest BCUT2D eigenvalue weighted by atomic mass is 32.2. The molecule has 2 aliphatic rings. The minimum Gasteiger partial charge on any atom is -0.326 e. The number of hydrogen-bond acceptors (Lipinski definition) is 4. The average Bonchev–Trinajstić information content (AvgIpc) is 2.99. The van der Waals surface area contributed by atoms with E-state index in [2.05, 4.69) is 10.3 Å². The predicted octanol–water partition coefficient (Wildman–Crippen LogP) is 1.95. The lowest BCUT2D eigenvalue weighted by Crippen LogP contribution is -2.32. The molecule has 5 nitrogen and oxygen atoms in total. The second-order valence-electron chi connectivity index (χ2n) is 5.31. The molecule has 0 aliphatic carbocycles. The molecule has 0 radical (unpaired) electrons. The zero-order valence-corrected chi connectivity index (χ0v) is 12.9. The summed E-state index contributed by atoms with van der Waals surface area (Å²) in [5, 5.41) is 3.29. The van der Waals surface area contributed by atoms with Crippen LogP contribution in [-0.4, -0.2) is 40.2 Å². The summed E-state index contributed by atoms with van der Waals surface area (Å²) in [4.78, 5) is 30.2. The summed E-state index contributed by atoms with van der Waals surface area (Å²) in [6, 6.07) is 5.80. The maximum absolute atomic E-state index is 12.1. The summed E-state index contributed by atoms with van der Waals surface area (Å²) >= 11 is 1.40. The molecule has 110 valence electrons. The van der Waals surface area contributed by atoms with E-state index in [-0.39, 0.29) is 23.5 Å². The van der Waals surface area contributed by atoms with Crippen molar-refractivity contribution in [1.29, 1.82) is 0 Å². The van der Waals surface area contributed by atoms with Crippen LogP contribution in [0.2, 0.25) is 0 Å². The second kappa shape index (κ2) is 5.52. The Balaban J connectivity index is 1.62. The largest absolute Gasteiger partial charge is 0.326 e. The molecule has 1 aromatic rings. The lowest BCUT2D eigenvalue weighted by atomic mass is 10.1. The minimum atomic E-state index is -0.337. The SMILES string of the molecule is Cc1ccc(NC(=O)C[C@@H]2SC3=NCCN3C2=O)cc1C. The number of benzene rings is 1. The van der Waals surface area contributed by atoms with Crippen LogP contribution in [0.4, 0.5) is 5.69 Å². The van der Waals surface area contributed by atoms with Gasteiger partial charge in [-0.1, -0.05) is 17.8 Å². The number of amides is 2. The molecule has 1 saturated heterocycles. The number of carbonyl (C=O) groups is 2. The van der Waals surface area contributed by atoms with E-state index in [1.807, 2.05) is 32.0 Å². The highest BCUT2D eigenvalue weighted by Gasteiger charge is 2.40. The predicted molar refractivity (Wildman–Crippen MR) is 84.6 cm³/mol. The Morgan fingerprint density at radius 2 is 2.24 bits per heavy atom. The molecule has 6 heteroatoms. The number of nitrogens with one attached hydrogen (secondary N) is 1. The highest BCUT2D eigenvalue weighted by Crippen LogP contribution is 2.31. The first-order valence-corrected chi connectivity index (χ1v) is 7.82. The van der Waals surface area contributed by atoms with Crippen molar-refractivity contribution < 1.29 is 9.59 Å². The van der Waals surface area contributed by atoms with E-state index in [4.69, 9.17) is 0 Å². The number of thioether (sulfide) groups is 1. The summed E-state index contributed by atoms with van der Waals surface area (Å²) in [7, 11) is 0. The van der Waals surface area contributed by atoms with Crippen LogP contribution in [-0.2, 0) is 9.59 Å². The number of anilines is 1. The topological polar surface area (TPSA) is 61.8 Å². The van der Waals surface area contributed by atoms with Crippen LogP contribution in [0.15, 0.2) is 23.2 Å². The monoisotopic (exact) mass is 303 g/mol. The molecule has 2 amide bonds. The fourth-order valence-corrected chi connectivity index (χ4v) is 3.60. The van der Waals surface area contributed by atoms with E-state index in [1.165, 1.54) is 17.3 Å². The van der Waals surface area contributed by atoms with Gasteiger partial charge in [0.2, 0.25) is 11.8 Å². The second-order valence-corrected chi connectivity index (χ2v) is 6.48. The Labute approximate surface area is 127 Å². The summed E-state index contributed by atoms with van der Waals surface area (Å²) in [5.41, 5.74) is 3.10. The van der Waals surface area contributed by atoms with E-state index < -0.39 is 0 Å². The summed E-state index contributed by atoms with van der Waals surface area (Å²) in [6.45, 7) is 5.36. The van der Waals surface area contributed by atoms with Gasteiger partial charge in [0.05, 0.1) is 6.54 Å². The Hall–Kier alpha value is -1.82. The fourth-order valence-electron chi connectivity index (χ4n) is 2.41. The normalized spacial score (nSPS) is 20.5. The van der Waals surface area contributed by atoms with Crippen LogP contribution in [0.25, 0.3) is 0 Å². The van der Waals surface area contributed by atoms with E-state index >= 15 is 0 Å². The molecule has 0 aromatic heterocycles. The van der Waals surface area contributed by atoms with Crippen LogP contribution in [0.1, 0.15) is 17.5 Å². The molecule has 2 aliphatic heterocycles. The molecule has 1 aromatic carbocycles. The third-order valence-corrected chi connectivity index (χ3v) is 4.97. The van der Waals surface area contributed by atoms with Gasteiger partial charge in [0.15, 0.2) is 5.17 Å². The third-order valence-electron chi connectivity index (χ3n) is 3.75. The third kappa shape index (κ3) is 2.81. The Morgan fingerprint density at radius 3 is 2.95 bits per heavy atom. The Kier molecular flexibility index (Phi) is 3.71. The molecule has 0 bridgehead atoms. The van der Waals surface area contributed by atoms with Crippen molar-refractivity contribution in [1.82, 2.24) is 4.90 Å². The van der Waals surface area contributed by atoms with Crippen molar-refractivity contribution in [3.8, 4) is 0 Å². The lowest BCUT2D eigenvalue weighted by Gasteiger charge is -2.11. The average molecular weight is 303 g/mol. The molecule has 0 spiro atoms.